The number of nitrogen functional groups attached to an aromatic ring is 1. The maximum absolute atomic E-state index is 11.4. The first-order valence-corrected chi connectivity index (χ1v) is 4.27. The van der Waals surface area contributed by atoms with E-state index >= 15 is 0 Å². The van der Waals surface area contributed by atoms with E-state index in [4.69, 9.17) is 10.5 Å². The second-order valence-corrected chi connectivity index (χ2v) is 2.93. The van der Waals surface area contributed by atoms with Crippen molar-refractivity contribution >= 4 is 11.6 Å². The van der Waals surface area contributed by atoms with Crippen LogP contribution in [0.25, 0.3) is 0 Å². The topological polar surface area (TPSA) is 64.3 Å². The molecule has 0 saturated carbocycles. The number of anilines is 1. The van der Waals surface area contributed by atoms with Crippen LogP contribution in [0.4, 0.5) is 5.69 Å². The molecular formula is C10H14N2O2. The number of rotatable bonds is 2. The second-order valence-electron chi connectivity index (χ2n) is 2.93. The molecule has 1 amide bonds. The van der Waals surface area contributed by atoms with Crippen LogP contribution < -0.4 is 15.8 Å². The molecular weight excluding hydrogens is 180 g/mol. The Labute approximate surface area is 83.1 Å². The normalized spacial score (nSPS) is 9.64. The molecule has 0 aliphatic carbocycles. The molecule has 1 aromatic rings. The number of nitrogens with one attached hydrogen (secondary N) is 1. The average Bonchev–Trinajstić information content (AvgIpc) is 2.21. The number of hydrogen-bond acceptors (Lipinski definition) is 3. The largest absolute Gasteiger partial charge is 0.496 e. The number of amides is 1. The second kappa shape index (κ2) is 4.00. The van der Waals surface area contributed by atoms with Gasteiger partial charge in [-0.05, 0) is 19.1 Å². The third-order valence-electron chi connectivity index (χ3n) is 2.16. The van der Waals surface area contributed by atoms with Crippen molar-refractivity contribution in [1.29, 1.82) is 0 Å². The standard InChI is InChI=1S/C10H14N2O2/c1-6-8(14-3)5-4-7(9(6)11)10(13)12-2/h4-5H,11H2,1-3H3,(H,12,13). The molecule has 0 fully saturated rings. The predicted octanol–water partition coefficient (Wildman–Crippen LogP) is 0.945. The van der Waals surface area contributed by atoms with Gasteiger partial charge in [0.25, 0.3) is 5.91 Å². The van der Waals surface area contributed by atoms with E-state index in [1.165, 1.54) is 0 Å². The molecule has 0 spiro atoms. The molecule has 0 unspecified atom stereocenters. The first kappa shape index (κ1) is 10.4. The van der Waals surface area contributed by atoms with Crippen LogP contribution in [0.15, 0.2) is 12.1 Å². The molecule has 3 N–H and O–H groups in total. The summed E-state index contributed by atoms with van der Waals surface area (Å²) in [4.78, 5) is 11.4. The molecule has 0 atom stereocenters. The van der Waals surface area contributed by atoms with Gasteiger partial charge >= 0.3 is 0 Å². The Balaban J connectivity index is 3.24. The van der Waals surface area contributed by atoms with Gasteiger partial charge in [0.15, 0.2) is 0 Å². The summed E-state index contributed by atoms with van der Waals surface area (Å²) < 4.78 is 5.08. The highest BCUT2D eigenvalue weighted by atomic mass is 16.5. The minimum absolute atomic E-state index is 0.187. The van der Waals surface area contributed by atoms with Crippen molar-refractivity contribution in [2.24, 2.45) is 0 Å². The highest BCUT2D eigenvalue weighted by molar-refractivity contribution is 6.00. The fourth-order valence-corrected chi connectivity index (χ4v) is 1.26. The van der Waals surface area contributed by atoms with Gasteiger partial charge in [-0.3, -0.25) is 4.79 Å². The lowest BCUT2D eigenvalue weighted by Crippen LogP contribution is -2.19. The SMILES string of the molecule is CNC(=O)c1ccc(OC)c(C)c1N. The van der Waals surface area contributed by atoms with E-state index in [0.717, 1.165) is 5.56 Å². The van der Waals surface area contributed by atoms with E-state index in [1.807, 2.05) is 6.92 Å². The van der Waals surface area contributed by atoms with Crippen LogP contribution in [0, 0.1) is 6.92 Å². The zero-order valence-electron chi connectivity index (χ0n) is 8.55. The Hall–Kier alpha value is -1.71. The molecule has 1 rings (SSSR count). The maximum atomic E-state index is 11.4. The summed E-state index contributed by atoms with van der Waals surface area (Å²) in [5, 5.41) is 2.53. The third kappa shape index (κ3) is 1.64. The summed E-state index contributed by atoms with van der Waals surface area (Å²) in [6.45, 7) is 1.82. The minimum Gasteiger partial charge on any atom is -0.496 e. The summed E-state index contributed by atoms with van der Waals surface area (Å²) in [5.74, 6) is 0.503. The molecule has 0 aliphatic heterocycles. The molecule has 14 heavy (non-hydrogen) atoms. The summed E-state index contributed by atoms with van der Waals surface area (Å²) in [7, 11) is 3.14. The van der Waals surface area contributed by atoms with Crippen LogP contribution in [0.1, 0.15) is 15.9 Å². The van der Waals surface area contributed by atoms with Gasteiger partial charge in [-0.15, -0.1) is 0 Å². The Morgan fingerprint density at radius 3 is 2.64 bits per heavy atom. The highest BCUT2D eigenvalue weighted by Crippen LogP contribution is 2.26. The van der Waals surface area contributed by atoms with Crippen molar-refractivity contribution in [3.05, 3.63) is 23.3 Å². The van der Waals surface area contributed by atoms with Gasteiger partial charge in [0.1, 0.15) is 5.75 Å². The van der Waals surface area contributed by atoms with Crippen LogP contribution in [0.5, 0.6) is 5.75 Å². The van der Waals surface area contributed by atoms with E-state index in [9.17, 15) is 4.79 Å². The maximum Gasteiger partial charge on any atom is 0.253 e. The zero-order chi connectivity index (χ0) is 10.7. The van der Waals surface area contributed by atoms with Gasteiger partial charge in [0, 0.05) is 12.6 Å². The van der Waals surface area contributed by atoms with Crippen LogP contribution in [-0.4, -0.2) is 20.1 Å². The summed E-state index contributed by atoms with van der Waals surface area (Å²) in [5.41, 5.74) is 7.52. The monoisotopic (exact) mass is 194 g/mol. The van der Waals surface area contributed by atoms with Crippen LogP contribution in [-0.2, 0) is 0 Å². The van der Waals surface area contributed by atoms with Gasteiger partial charge in [-0.25, -0.2) is 0 Å². The summed E-state index contributed by atoms with van der Waals surface area (Å²) >= 11 is 0. The molecule has 0 bridgehead atoms. The van der Waals surface area contributed by atoms with Gasteiger partial charge in [0.05, 0.1) is 18.4 Å². The lowest BCUT2D eigenvalue weighted by atomic mass is 10.1. The Kier molecular flexibility index (Phi) is 2.96. The number of carbonyl (C=O) groups excluding carboxylic acids is 1. The van der Waals surface area contributed by atoms with Crippen molar-refractivity contribution < 1.29 is 9.53 Å². The van der Waals surface area contributed by atoms with E-state index in [1.54, 1.807) is 26.3 Å². The Bertz CT molecular complexity index is 361. The average molecular weight is 194 g/mol. The van der Waals surface area contributed by atoms with Crippen LogP contribution >= 0.6 is 0 Å². The first-order chi connectivity index (χ1) is 6.61. The number of hydrogen-bond donors (Lipinski definition) is 2. The Morgan fingerprint density at radius 1 is 1.50 bits per heavy atom. The minimum atomic E-state index is -0.187. The molecule has 76 valence electrons. The summed E-state index contributed by atoms with van der Waals surface area (Å²) in [6.07, 6.45) is 0. The van der Waals surface area contributed by atoms with E-state index < -0.39 is 0 Å². The highest BCUT2D eigenvalue weighted by Gasteiger charge is 2.12. The Morgan fingerprint density at radius 2 is 2.14 bits per heavy atom. The lowest BCUT2D eigenvalue weighted by Gasteiger charge is -2.10. The molecule has 0 aliphatic rings. The van der Waals surface area contributed by atoms with E-state index in [-0.39, 0.29) is 5.91 Å². The first-order valence-electron chi connectivity index (χ1n) is 4.27. The predicted molar refractivity (Wildman–Crippen MR) is 55.5 cm³/mol. The van der Waals surface area contributed by atoms with Crippen molar-refractivity contribution in [1.82, 2.24) is 5.32 Å². The van der Waals surface area contributed by atoms with Crippen LogP contribution in [0.2, 0.25) is 0 Å². The molecule has 4 heteroatoms. The van der Waals surface area contributed by atoms with Gasteiger partial charge in [0.2, 0.25) is 0 Å². The fraction of sp³-hybridized carbons (Fsp3) is 0.300. The number of methoxy groups -OCH3 is 1. The molecule has 0 aromatic heterocycles. The quantitative estimate of drug-likeness (QED) is 0.689. The van der Waals surface area contributed by atoms with Crippen molar-refractivity contribution in [2.45, 2.75) is 6.92 Å². The molecule has 1 aromatic carbocycles. The van der Waals surface area contributed by atoms with E-state index in [0.29, 0.717) is 17.0 Å². The zero-order valence-corrected chi connectivity index (χ0v) is 8.55. The van der Waals surface area contributed by atoms with Crippen molar-refractivity contribution in [2.75, 3.05) is 19.9 Å². The number of benzene rings is 1. The van der Waals surface area contributed by atoms with Crippen molar-refractivity contribution in [3.8, 4) is 5.75 Å². The third-order valence-corrected chi connectivity index (χ3v) is 2.16. The van der Waals surface area contributed by atoms with Gasteiger partial charge in [-0.1, -0.05) is 0 Å². The van der Waals surface area contributed by atoms with Crippen molar-refractivity contribution in [3.63, 3.8) is 0 Å². The number of carbonyl (C=O) groups is 1. The smallest absolute Gasteiger partial charge is 0.253 e. The lowest BCUT2D eigenvalue weighted by molar-refractivity contribution is 0.0964. The molecule has 0 saturated heterocycles. The van der Waals surface area contributed by atoms with Crippen LogP contribution in [0.3, 0.4) is 0 Å². The van der Waals surface area contributed by atoms with E-state index in [2.05, 4.69) is 5.32 Å². The van der Waals surface area contributed by atoms with Gasteiger partial charge in [-0.2, -0.15) is 0 Å². The summed E-state index contributed by atoms with van der Waals surface area (Å²) in [6, 6.07) is 3.39. The number of ether oxygens (including phenoxy) is 1. The molecule has 0 heterocycles. The molecule has 0 radical (unpaired) electrons. The molecule has 4 nitrogen and oxygen atoms in total. The number of nitrogens with two attached hydrogens (primary N) is 1. The fourth-order valence-electron chi connectivity index (χ4n) is 1.26. The van der Waals surface area contributed by atoms with Gasteiger partial charge < -0.3 is 15.8 Å².